The third kappa shape index (κ3) is 5.65. The van der Waals surface area contributed by atoms with E-state index in [0.717, 1.165) is 13.0 Å². The summed E-state index contributed by atoms with van der Waals surface area (Å²) in [5, 5.41) is 0. The number of rotatable bonds is 6. The monoisotopic (exact) mass is 249 g/mol. The van der Waals surface area contributed by atoms with E-state index in [4.69, 9.17) is 10.5 Å². The molecule has 0 bridgehead atoms. The van der Waals surface area contributed by atoms with Crippen molar-refractivity contribution in [1.82, 2.24) is 0 Å². The van der Waals surface area contributed by atoms with E-state index in [1.807, 2.05) is 0 Å². The molecular formula is C16H27NO. The summed E-state index contributed by atoms with van der Waals surface area (Å²) in [7, 11) is 0. The SMILES string of the molecule is CC(CN)c1ccc(COCCC(C)(C)C)cc1. The van der Waals surface area contributed by atoms with Crippen molar-refractivity contribution in [3.63, 3.8) is 0 Å². The standard InChI is InChI=1S/C16H27NO/c1-13(11-17)15-7-5-14(6-8-15)12-18-10-9-16(2,3)4/h5-8,13H,9-12,17H2,1-4H3. The highest BCUT2D eigenvalue weighted by Gasteiger charge is 2.09. The molecule has 18 heavy (non-hydrogen) atoms. The predicted molar refractivity (Wildman–Crippen MR) is 77.6 cm³/mol. The van der Waals surface area contributed by atoms with E-state index in [1.165, 1.54) is 11.1 Å². The van der Waals surface area contributed by atoms with Crippen LogP contribution in [-0.4, -0.2) is 13.2 Å². The van der Waals surface area contributed by atoms with Crippen molar-refractivity contribution in [3.8, 4) is 0 Å². The number of hydrogen-bond donors (Lipinski definition) is 1. The Balaban J connectivity index is 2.35. The smallest absolute Gasteiger partial charge is 0.0716 e. The van der Waals surface area contributed by atoms with Crippen molar-refractivity contribution in [2.24, 2.45) is 11.1 Å². The van der Waals surface area contributed by atoms with E-state index in [9.17, 15) is 0 Å². The van der Waals surface area contributed by atoms with Gasteiger partial charge in [0.1, 0.15) is 0 Å². The van der Waals surface area contributed by atoms with Crippen LogP contribution in [0.1, 0.15) is 51.2 Å². The van der Waals surface area contributed by atoms with Gasteiger partial charge in [-0.25, -0.2) is 0 Å². The first-order valence-electron chi connectivity index (χ1n) is 6.79. The molecular weight excluding hydrogens is 222 g/mol. The van der Waals surface area contributed by atoms with Crippen LogP contribution in [0.3, 0.4) is 0 Å². The lowest BCUT2D eigenvalue weighted by atomic mass is 9.93. The molecule has 1 unspecified atom stereocenters. The Labute approximate surface area is 112 Å². The van der Waals surface area contributed by atoms with Gasteiger partial charge in [0.2, 0.25) is 0 Å². The molecule has 0 radical (unpaired) electrons. The van der Waals surface area contributed by atoms with Crippen LogP contribution in [0.2, 0.25) is 0 Å². The van der Waals surface area contributed by atoms with Crippen molar-refractivity contribution in [1.29, 1.82) is 0 Å². The molecule has 1 aromatic rings. The number of nitrogens with two attached hydrogens (primary N) is 1. The normalized spacial score (nSPS) is 13.6. The minimum atomic E-state index is 0.348. The van der Waals surface area contributed by atoms with Crippen molar-refractivity contribution >= 4 is 0 Å². The van der Waals surface area contributed by atoms with Gasteiger partial charge in [0.25, 0.3) is 0 Å². The van der Waals surface area contributed by atoms with Gasteiger partial charge < -0.3 is 10.5 Å². The highest BCUT2D eigenvalue weighted by molar-refractivity contribution is 5.24. The topological polar surface area (TPSA) is 35.2 Å². The molecule has 1 aromatic carbocycles. The van der Waals surface area contributed by atoms with Gasteiger partial charge >= 0.3 is 0 Å². The van der Waals surface area contributed by atoms with Crippen LogP contribution in [0.15, 0.2) is 24.3 Å². The molecule has 0 heterocycles. The van der Waals surface area contributed by atoms with Gasteiger partial charge in [-0.3, -0.25) is 0 Å². The van der Waals surface area contributed by atoms with Crippen molar-refractivity contribution in [2.75, 3.05) is 13.2 Å². The largest absolute Gasteiger partial charge is 0.377 e. The summed E-state index contributed by atoms with van der Waals surface area (Å²) in [6, 6.07) is 8.58. The molecule has 2 nitrogen and oxygen atoms in total. The fourth-order valence-electron chi connectivity index (χ4n) is 1.65. The molecule has 0 aliphatic carbocycles. The van der Waals surface area contributed by atoms with Gasteiger partial charge in [0, 0.05) is 6.61 Å². The fourth-order valence-corrected chi connectivity index (χ4v) is 1.65. The maximum atomic E-state index is 5.70. The first-order chi connectivity index (χ1) is 8.42. The average Bonchev–Trinajstić information content (AvgIpc) is 2.33. The van der Waals surface area contributed by atoms with Crippen LogP contribution >= 0.6 is 0 Å². The predicted octanol–water partition coefficient (Wildman–Crippen LogP) is 3.70. The molecule has 0 spiro atoms. The van der Waals surface area contributed by atoms with Crippen LogP contribution in [0.4, 0.5) is 0 Å². The molecule has 0 aliphatic rings. The minimum absolute atomic E-state index is 0.348. The number of benzene rings is 1. The molecule has 1 rings (SSSR count). The molecule has 2 N–H and O–H groups in total. The Morgan fingerprint density at radius 3 is 2.28 bits per heavy atom. The zero-order chi connectivity index (χ0) is 13.6. The molecule has 0 saturated heterocycles. The maximum Gasteiger partial charge on any atom is 0.0716 e. The summed E-state index contributed by atoms with van der Waals surface area (Å²) < 4.78 is 5.70. The van der Waals surface area contributed by atoms with Crippen LogP contribution in [0.25, 0.3) is 0 Å². The first kappa shape index (κ1) is 15.2. The summed E-state index contributed by atoms with van der Waals surface area (Å²) in [5.41, 5.74) is 8.54. The summed E-state index contributed by atoms with van der Waals surface area (Å²) in [5.74, 6) is 0.431. The maximum absolute atomic E-state index is 5.70. The van der Waals surface area contributed by atoms with E-state index in [-0.39, 0.29) is 0 Å². The fraction of sp³-hybridized carbons (Fsp3) is 0.625. The molecule has 0 saturated carbocycles. The minimum Gasteiger partial charge on any atom is -0.377 e. The Hall–Kier alpha value is -0.860. The third-order valence-electron chi connectivity index (χ3n) is 3.17. The van der Waals surface area contributed by atoms with Gasteiger partial charge in [0.15, 0.2) is 0 Å². The average molecular weight is 249 g/mol. The van der Waals surface area contributed by atoms with Crippen molar-refractivity contribution in [2.45, 2.75) is 46.6 Å². The summed E-state index contributed by atoms with van der Waals surface area (Å²) in [6.45, 7) is 11.1. The zero-order valence-electron chi connectivity index (χ0n) is 12.2. The Morgan fingerprint density at radius 2 is 1.78 bits per heavy atom. The summed E-state index contributed by atoms with van der Waals surface area (Å²) in [4.78, 5) is 0. The Morgan fingerprint density at radius 1 is 1.17 bits per heavy atom. The van der Waals surface area contributed by atoms with E-state index in [1.54, 1.807) is 0 Å². The molecule has 2 heteroatoms. The highest BCUT2D eigenvalue weighted by Crippen LogP contribution is 2.19. The second-order valence-corrected chi connectivity index (χ2v) is 6.24. The molecule has 102 valence electrons. The van der Waals surface area contributed by atoms with E-state index < -0.39 is 0 Å². The van der Waals surface area contributed by atoms with Crippen LogP contribution in [0.5, 0.6) is 0 Å². The van der Waals surface area contributed by atoms with Gasteiger partial charge in [0.05, 0.1) is 6.61 Å². The van der Waals surface area contributed by atoms with Crippen molar-refractivity contribution < 1.29 is 4.74 Å². The first-order valence-corrected chi connectivity index (χ1v) is 6.79. The number of ether oxygens (including phenoxy) is 1. The van der Waals surface area contributed by atoms with Crippen LogP contribution in [0, 0.1) is 5.41 Å². The van der Waals surface area contributed by atoms with Gasteiger partial charge in [-0.1, -0.05) is 52.0 Å². The lowest BCUT2D eigenvalue weighted by Crippen LogP contribution is -2.10. The molecule has 0 aliphatic heterocycles. The van der Waals surface area contributed by atoms with E-state index >= 15 is 0 Å². The number of hydrogen-bond acceptors (Lipinski definition) is 2. The van der Waals surface area contributed by atoms with Gasteiger partial charge in [-0.2, -0.15) is 0 Å². The summed E-state index contributed by atoms with van der Waals surface area (Å²) in [6.07, 6.45) is 1.09. The lowest BCUT2D eigenvalue weighted by molar-refractivity contribution is 0.0962. The molecule has 1 atom stereocenters. The molecule has 0 fully saturated rings. The Bertz CT molecular complexity index is 337. The van der Waals surface area contributed by atoms with Crippen molar-refractivity contribution in [3.05, 3.63) is 35.4 Å². The molecule has 0 aromatic heterocycles. The molecule has 0 amide bonds. The Kier molecular flexibility index (Phi) is 5.83. The lowest BCUT2D eigenvalue weighted by Gasteiger charge is -2.17. The third-order valence-corrected chi connectivity index (χ3v) is 3.17. The van der Waals surface area contributed by atoms with E-state index in [0.29, 0.717) is 24.5 Å². The van der Waals surface area contributed by atoms with Gasteiger partial charge in [-0.05, 0) is 35.4 Å². The highest BCUT2D eigenvalue weighted by atomic mass is 16.5. The second-order valence-electron chi connectivity index (χ2n) is 6.24. The quantitative estimate of drug-likeness (QED) is 0.780. The summed E-state index contributed by atoms with van der Waals surface area (Å²) >= 11 is 0. The second kappa shape index (κ2) is 6.91. The van der Waals surface area contributed by atoms with Gasteiger partial charge in [-0.15, -0.1) is 0 Å². The zero-order valence-corrected chi connectivity index (χ0v) is 12.2. The van der Waals surface area contributed by atoms with E-state index in [2.05, 4.69) is 52.0 Å². The van der Waals surface area contributed by atoms with Crippen LogP contribution in [-0.2, 0) is 11.3 Å². The van der Waals surface area contributed by atoms with Crippen LogP contribution < -0.4 is 5.73 Å².